The molecule has 15 heavy (non-hydrogen) atoms. The molecular formula is C11H13BrN2O. The Bertz CT molecular complexity index is 453. The van der Waals surface area contributed by atoms with Gasteiger partial charge in [-0.15, -0.1) is 0 Å². The molecule has 2 aromatic heterocycles. The fourth-order valence-electron chi connectivity index (χ4n) is 1.65. The van der Waals surface area contributed by atoms with Crippen LogP contribution in [0.3, 0.4) is 0 Å². The summed E-state index contributed by atoms with van der Waals surface area (Å²) in [4.78, 5) is 4.31. The van der Waals surface area contributed by atoms with Crippen molar-refractivity contribution in [1.82, 2.24) is 9.55 Å². The van der Waals surface area contributed by atoms with Gasteiger partial charge in [0.1, 0.15) is 0 Å². The van der Waals surface area contributed by atoms with Gasteiger partial charge >= 0.3 is 0 Å². The number of aryl methyl sites for hydroxylation is 1. The van der Waals surface area contributed by atoms with E-state index < -0.39 is 0 Å². The highest BCUT2D eigenvalue weighted by atomic mass is 79.9. The summed E-state index contributed by atoms with van der Waals surface area (Å²) >= 11 is 3.54. The van der Waals surface area contributed by atoms with E-state index in [2.05, 4.69) is 31.5 Å². The van der Waals surface area contributed by atoms with Crippen LogP contribution in [-0.2, 0) is 11.3 Å². The third-order valence-corrected chi connectivity index (χ3v) is 3.01. The molecule has 2 rings (SSSR count). The first-order chi connectivity index (χ1) is 7.33. The maximum Gasteiger partial charge on any atom is 0.0892 e. The lowest BCUT2D eigenvalue weighted by molar-refractivity contribution is 0.190. The zero-order valence-electron chi connectivity index (χ0n) is 8.61. The molecule has 0 amide bonds. The first kappa shape index (κ1) is 10.6. The van der Waals surface area contributed by atoms with E-state index in [0.29, 0.717) is 0 Å². The van der Waals surface area contributed by atoms with E-state index in [1.165, 1.54) is 5.52 Å². The lowest BCUT2D eigenvalue weighted by atomic mass is 10.4. The molecule has 0 spiro atoms. The van der Waals surface area contributed by atoms with Crippen LogP contribution in [0, 0.1) is 0 Å². The highest BCUT2D eigenvalue weighted by molar-refractivity contribution is 9.10. The van der Waals surface area contributed by atoms with Crippen LogP contribution >= 0.6 is 15.9 Å². The number of nitrogens with zero attached hydrogens (tertiary/aromatic N) is 2. The molecule has 0 aliphatic rings. The van der Waals surface area contributed by atoms with Crippen molar-refractivity contribution in [1.29, 1.82) is 0 Å². The first-order valence-corrected chi connectivity index (χ1v) is 5.71. The van der Waals surface area contributed by atoms with Crippen molar-refractivity contribution in [2.24, 2.45) is 0 Å². The Balaban J connectivity index is 2.28. The van der Waals surface area contributed by atoms with Crippen molar-refractivity contribution >= 4 is 27.0 Å². The van der Waals surface area contributed by atoms with E-state index in [1.54, 1.807) is 7.11 Å². The van der Waals surface area contributed by atoms with Gasteiger partial charge < -0.3 is 9.30 Å². The second-order valence-electron chi connectivity index (χ2n) is 3.37. The standard InChI is InChI=1S/C11H13BrN2O/c1-15-7-3-6-14-10-4-2-5-13-9(10)8-11(14)12/h2,4-5,8H,3,6-7H2,1H3. The Labute approximate surface area is 97.2 Å². The number of halogens is 1. The molecule has 0 N–H and O–H groups in total. The third-order valence-electron chi connectivity index (χ3n) is 2.35. The number of aromatic nitrogens is 2. The topological polar surface area (TPSA) is 27.1 Å². The SMILES string of the molecule is COCCCn1c(Br)cc2ncccc21. The normalized spacial score (nSPS) is 11.1. The molecule has 0 atom stereocenters. The fraction of sp³-hybridized carbons (Fsp3) is 0.364. The smallest absolute Gasteiger partial charge is 0.0892 e. The maximum atomic E-state index is 5.05. The number of ether oxygens (including phenoxy) is 1. The van der Waals surface area contributed by atoms with E-state index in [0.717, 1.165) is 29.7 Å². The zero-order valence-corrected chi connectivity index (χ0v) is 10.2. The number of methoxy groups -OCH3 is 1. The van der Waals surface area contributed by atoms with Gasteiger partial charge in [0.15, 0.2) is 0 Å². The number of fused-ring (bicyclic) bond motifs is 1. The quantitative estimate of drug-likeness (QED) is 0.798. The summed E-state index contributed by atoms with van der Waals surface area (Å²) in [6, 6.07) is 6.09. The number of rotatable bonds is 4. The summed E-state index contributed by atoms with van der Waals surface area (Å²) in [6.45, 7) is 1.73. The number of hydrogen-bond donors (Lipinski definition) is 0. The van der Waals surface area contributed by atoms with Crippen LogP contribution in [0.1, 0.15) is 6.42 Å². The predicted octanol–water partition coefficient (Wildman–Crippen LogP) is 2.84. The van der Waals surface area contributed by atoms with Gasteiger partial charge in [-0.25, -0.2) is 0 Å². The van der Waals surface area contributed by atoms with Crippen LogP contribution in [0.2, 0.25) is 0 Å². The largest absolute Gasteiger partial charge is 0.385 e. The van der Waals surface area contributed by atoms with Crippen LogP contribution < -0.4 is 0 Å². The minimum Gasteiger partial charge on any atom is -0.385 e. The summed E-state index contributed by atoms with van der Waals surface area (Å²) in [5, 5.41) is 0. The van der Waals surface area contributed by atoms with Gasteiger partial charge in [-0.05, 0) is 40.5 Å². The minimum absolute atomic E-state index is 0.784. The second-order valence-corrected chi connectivity index (χ2v) is 4.19. The van der Waals surface area contributed by atoms with Gasteiger partial charge in [-0.2, -0.15) is 0 Å². The molecule has 0 aliphatic heterocycles. The Hall–Kier alpha value is -0.870. The molecule has 0 bridgehead atoms. The van der Waals surface area contributed by atoms with E-state index in [9.17, 15) is 0 Å². The van der Waals surface area contributed by atoms with Crippen molar-refractivity contribution < 1.29 is 4.74 Å². The first-order valence-electron chi connectivity index (χ1n) is 4.91. The molecule has 0 saturated heterocycles. The van der Waals surface area contributed by atoms with Crippen LogP contribution in [-0.4, -0.2) is 23.3 Å². The molecule has 0 radical (unpaired) electrons. The van der Waals surface area contributed by atoms with Crippen molar-refractivity contribution in [3.63, 3.8) is 0 Å². The molecule has 0 aromatic carbocycles. The Morgan fingerprint density at radius 1 is 1.53 bits per heavy atom. The van der Waals surface area contributed by atoms with Crippen LogP contribution in [0.15, 0.2) is 29.0 Å². The van der Waals surface area contributed by atoms with Gasteiger partial charge in [0.25, 0.3) is 0 Å². The lowest BCUT2D eigenvalue weighted by Gasteiger charge is -2.06. The highest BCUT2D eigenvalue weighted by Gasteiger charge is 2.05. The molecule has 0 saturated carbocycles. The third kappa shape index (κ3) is 2.21. The Kier molecular flexibility index (Phi) is 3.38. The molecule has 4 heteroatoms. The molecule has 0 unspecified atom stereocenters. The summed E-state index contributed by atoms with van der Waals surface area (Å²) in [6.07, 6.45) is 2.82. The van der Waals surface area contributed by atoms with Gasteiger partial charge in [0.2, 0.25) is 0 Å². The fourth-order valence-corrected chi connectivity index (χ4v) is 2.23. The van der Waals surface area contributed by atoms with E-state index >= 15 is 0 Å². The van der Waals surface area contributed by atoms with Crippen molar-refractivity contribution in [2.45, 2.75) is 13.0 Å². The van der Waals surface area contributed by atoms with Gasteiger partial charge in [0, 0.05) is 26.5 Å². The summed E-state index contributed by atoms with van der Waals surface area (Å²) in [7, 11) is 1.73. The summed E-state index contributed by atoms with van der Waals surface area (Å²) < 4.78 is 8.33. The molecule has 2 heterocycles. The number of hydrogen-bond acceptors (Lipinski definition) is 2. The summed E-state index contributed by atoms with van der Waals surface area (Å²) in [5.41, 5.74) is 2.20. The zero-order chi connectivity index (χ0) is 10.7. The van der Waals surface area contributed by atoms with Crippen molar-refractivity contribution in [3.8, 4) is 0 Å². The van der Waals surface area contributed by atoms with Crippen LogP contribution in [0.25, 0.3) is 11.0 Å². The Morgan fingerprint density at radius 3 is 3.20 bits per heavy atom. The molecule has 2 aromatic rings. The van der Waals surface area contributed by atoms with Crippen LogP contribution in [0.5, 0.6) is 0 Å². The molecule has 0 aliphatic carbocycles. The number of pyridine rings is 1. The molecule has 3 nitrogen and oxygen atoms in total. The monoisotopic (exact) mass is 268 g/mol. The van der Waals surface area contributed by atoms with Crippen molar-refractivity contribution in [3.05, 3.63) is 29.0 Å². The van der Waals surface area contributed by atoms with E-state index in [-0.39, 0.29) is 0 Å². The average Bonchev–Trinajstić information content (AvgIpc) is 2.56. The molecule has 80 valence electrons. The summed E-state index contributed by atoms with van der Waals surface area (Å²) in [5.74, 6) is 0. The maximum absolute atomic E-state index is 5.05. The second kappa shape index (κ2) is 4.77. The van der Waals surface area contributed by atoms with E-state index in [1.807, 2.05) is 18.3 Å². The van der Waals surface area contributed by atoms with Gasteiger partial charge in [-0.3, -0.25) is 4.98 Å². The van der Waals surface area contributed by atoms with Gasteiger partial charge in [0.05, 0.1) is 15.6 Å². The van der Waals surface area contributed by atoms with Crippen LogP contribution in [0.4, 0.5) is 0 Å². The van der Waals surface area contributed by atoms with Crippen molar-refractivity contribution in [2.75, 3.05) is 13.7 Å². The van der Waals surface area contributed by atoms with E-state index in [4.69, 9.17) is 4.74 Å². The molecule has 0 fully saturated rings. The average molecular weight is 269 g/mol. The lowest BCUT2D eigenvalue weighted by Crippen LogP contribution is -2.01. The Morgan fingerprint density at radius 2 is 2.40 bits per heavy atom. The minimum atomic E-state index is 0.784. The molecular weight excluding hydrogens is 256 g/mol. The van der Waals surface area contributed by atoms with Gasteiger partial charge in [-0.1, -0.05) is 0 Å². The predicted molar refractivity (Wildman–Crippen MR) is 63.9 cm³/mol. The highest BCUT2D eigenvalue weighted by Crippen LogP contribution is 2.22.